The van der Waals surface area contributed by atoms with Gasteiger partial charge >= 0.3 is 94.6 Å². The van der Waals surface area contributed by atoms with E-state index >= 15 is 0 Å². The third-order valence-corrected chi connectivity index (χ3v) is 2.40. The van der Waals surface area contributed by atoms with E-state index in [2.05, 4.69) is 48.1 Å². The fourth-order valence-corrected chi connectivity index (χ4v) is 1.96. The van der Waals surface area contributed by atoms with E-state index in [-0.39, 0.29) is 0 Å². The number of hydrogen-bond acceptors (Lipinski definition) is 1. The van der Waals surface area contributed by atoms with Crippen LogP contribution in [0.5, 0.6) is 0 Å². The first-order valence-electron chi connectivity index (χ1n) is 4.53. The molecule has 1 saturated heterocycles. The van der Waals surface area contributed by atoms with Gasteiger partial charge in [-0.25, -0.2) is 0 Å². The summed E-state index contributed by atoms with van der Waals surface area (Å²) in [6.45, 7) is 13.9. The second kappa shape index (κ2) is 4.63. The summed E-state index contributed by atoms with van der Waals surface area (Å²) >= 11 is 2.53. The fourth-order valence-electron chi connectivity index (χ4n) is 1.41. The van der Waals surface area contributed by atoms with Crippen LogP contribution in [0, 0.1) is 0 Å². The van der Waals surface area contributed by atoms with Crippen molar-refractivity contribution in [2.75, 3.05) is 0 Å². The molecule has 1 aliphatic heterocycles. The molecule has 2 heteroatoms. The summed E-state index contributed by atoms with van der Waals surface area (Å²) in [5, 5.41) is 3.24. The number of hydrogen-bond donors (Lipinski definition) is 1. The van der Waals surface area contributed by atoms with Gasteiger partial charge in [-0.1, -0.05) is 0 Å². The first-order chi connectivity index (χ1) is 6.49. The van der Waals surface area contributed by atoms with Gasteiger partial charge in [-0.3, -0.25) is 0 Å². The van der Waals surface area contributed by atoms with Gasteiger partial charge in [0.25, 0.3) is 0 Å². The van der Waals surface area contributed by atoms with Gasteiger partial charge in [0.05, 0.1) is 0 Å². The van der Waals surface area contributed by atoms with E-state index in [0.717, 1.165) is 34.0 Å². The number of allylic oxidation sites excluding steroid dienone is 3. The van der Waals surface area contributed by atoms with Crippen LogP contribution < -0.4 is 5.32 Å². The molecule has 1 heterocycles. The molecule has 0 radical (unpaired) electrons. The summed E-state index contributed by atoms with van der Waals surface area (Å²) in [4.78, 5) is 0. The average Bonchev–Trinajstić information content (AvgIpc) is 2.10. The van der Waals surface area contributed by atoms with Gasteiger partial charge < -0.3 is 0 Å². The Kier molecular flexibility index (Phi) is 3.73. The molecule has 0 saturated carbocycles. The maximum atomic E-state index is 4.07. The third-order valence-electron chi connectivity index (χ3n) is 1.98. The van der Waals surface area contributed by atoms with Crippen LogP contribution in [0.1, 0.15) is 19.8 Å². The van der Waals surface area contributed by atoms with Crippen molar-refractivity contribution in [1.82, 2.24) is 5.32 Å². The molecule has 0 aromatic heterocycles. The van der Waals surface area contributed by atoms with Gasteiger partial charge in [-0.2, -0.15) is 0 Å². The Balaban J connectivity index is 2.95. The Morgan fingerprint density at radius 1 is 1.43 bits per heavy atom. The molecule has 0 bridgehead atoms. The van der Waals surface area contributed by atoms with Crippen LogP contribution in [-0.4, -0.2) is 4.35 Å². The first-order valence-corrected chi connectivity index (χ1v) is 5.22. The zero-order valence-electron chi connectivity index (χ0n) is 8.56. The van der Waals surface area contributed by atoms with Gasteiger partial charge in [0.2, 0.25) is 0 Å². The Morgan fingerprint density at radius 3 is 2.64 bits per heavy atom. The molecule has 0 amide bonds. The molecule has 1 fully saturated rings. The topological polar surface area (TPSA) is 12.0 Å². The minimum atomic E-state index is 0.840. The normalized spacial score (nSPS) is 20.6. The van der Waals surface area contributed by atoms with Gasteiger partial charge in [0.1, 0.15) is 0 Å². The van der Waals surface area contributed by atoms with Crippen molar-refractivity contribution in [1.29, 1.82) is 0 Å². The van der Waals surface area contributed by atoms with Crippen LogP contribution in [0.25, 0.3) is 0 Å². The van der Waals surface area contributed by atoms with Crippen LogP contribution in [-0.2, 0) is 17.0 Å². The Morgan fingerprint density at radius 2 is 2.07 bits per heavy atom. The Labute approximate surface area is 94.8 Å². The standard InChI is InChI=1S/C12H15N.V/c1-9(2)7-12-8-11(4)13-6-5-10(12)3;/h7,13H,1,3-5,8H2,2H3;/b12-7-;. The fraction of sp³-hybridized carbons (Fsp3) is 0.250. The van der Waals surface area contributed by atoms with Crippen molar-refractivity contribution >= 4 is 4.35 Å². The summed E-state index contributed by atoms with van der Waals surface area (Å²) in [5.74, 6) is 0. The molecule has 1 N–H and O–H groups in total. The van der Waals surface area contributed by atoms with Gasteiger partial charge in [-0.05, 0) is 0 Å². The Bertz CT molecular complexity index is 347. The van der Waals surface area contributed by atoms with Crippen LogP contribution in [0.3, 0.4) is 0 Å². The average molecular weight is 224 g/mol. The molecule has 0 atom stereocenters. The second-order valence-corrected chi connectivity index (χ2v) is 4.49. The van der Waals surface area contributed by atoms with E-state index in [1.165, 1.54) is 5.57 Å². The maximum absolute atomic E-state index is 4.07. The molecule has 0 aromatic rings. The van der Waals surface area contributed by atoms with E-state index < -0.39 is 0 Å². The van der Waals surface area contributed by atoms with E-state index in [1.807, 2.05) is 6.92 Å². The molecule has 0 aromatic carbocycles. The summed E-state index contributed by atoms with van der Waals surface area (Å²) < 4.78 is 1.15. The molecule has 1 rings (SSSR count). The van der Waals surface area contributed by atoms with Gasteiger partial charge in [0.15, 0.2) is 0 Å². The second-order valence-electron chi connectivity index (χ2n) is 3.65. The molecule has 0 unspecified atom stereocenters. The number of rotatable bonds is 1. The molecule has 0 spiro atoms. The van der Waals surface area contributed by atoms with Crippen molar-refractivity contribution in [3.05, 3.63) is 48.2 Å². The van der Waals surface area contributed by atoms with E-state index in [9.17, 15) is 0 Å². The zero-order valence-corrected chi connectivity index (χ0v) is 9.96. The van der Waals surface area contributed by atoms with Crippen LogP contribution in [0.15, 0.2) is 48.2 Å². The van der Waals surface area contributed by atoms with Crippen molar-refractivity contribution < 1.29 is 17.0 Å². The molecular weight excluding hydrogens is 209 g/mol. The van der Waals surface area contributed by atoms with Crippen molar-refractivity contribution in [2.24, 2.45) is 0 Å². The van der Waals surface area contributed by atoms with E-state index in [1.54, 1.807) is 0 Å². The molecule has 1 nitrogen and oxygen atoms in total. The van der Waals surface area contributed by atoms with E-state index in [4.69, 9.17) is 0 Å². The van der Waals surface area contributed by atoms with Crippen LogP contribution in [0.2, 0.25) is 0 Å². The number of nitrogens with one attached hydrogen (secondary N) is 1. The predicted octanol–water partition coefficient (Wildman–Crippen LogP) is 2.62. The molecular formula is C12H15NV. The van der Waals surface area contributed by atoms with Crippen molar-refractivity contribution in [3.63, 3.8) is 0 Å². The molecule has 73 valence electrons. The van der Waals surface area contributed by atoms with Crippen molar-refractivity contribution in [2.45, 2.75) is 19.8 Å². The Hall–Kier alpha value is -0.786. The monoisotopic (exact) mass is 224 g/mol. The van der Waals surface area contributed by atoms with Gasteiger partial charge in [0, 0.05) is 0 Å². The molecule has 14 heavy (non-hydrogen) atoms. The van der Waals surface area contributed by atoms with E-state index in [0.29, 0.717) is 0 Å². The van der Waals surface area contributed by atoms with Crippen LogP contribution >= 0.6 is 0 Å². The summed E-state index contributed by atoms with van der Waals surface area (Å²) in [5.41, 5.74) is 4.46. The van der Waals surface area contributed by atoms with Crippen LogP contribution in [0.4, 0.5) is 0 Å². The molecule has 1 aliphatic rings. The SMILES string of the molecule is C=C(C)/C=C1/CC(=C)N[C](=[V])CC1=C. The zero-order chi connectivity index (χ0) is 10.7. The quantitative estimate of drug-likeness (QED) is 0.722. The molecule has 0 aliphatic carbocycles. The summed E-state index contributed by atoms with van der Waals surface area (Å²) in [7, 11) is 0. The summed E-state index contributed by atoms with van der Waals surface area (Å²) in [6.07, 6.45) is 3.80. The minimum absolute atomic E-state index is 0.840. The third kappa shape index (κ3) is 3.17. The predicted molar refractivity (Wildman–Crippen MR) is 58.6 cm³/mol. The van der Waals surface area contributed by atoms with Gasteiger partial charge in [-0.15, -0.1) is 0 Å². The van der Waals surface area contributed by atoms with Crippen molar-refractivity contribution in [3.8, 4) is 0 Å². The first kappa shape index (κ1) is 11.3. The summed E-state index contributed by atoms with van der Waals surface area (Å²) in [6, 6.07) is 0.